The summed E-state index contributed by atoms with van der Waals surface area (Å²) in [5, 5.41) is 5.34. The number of nitrogens with one attached hydrogen (secondary N) is 2. The van der Waals surface area contributed by atoms with Crippen molar-refractivity contribution in [1.29, 1.82) is 0 Å². The largest absolute Gasteiger partial charge is 0.341 e. The first-order chi connectivity index (χ1) is 9.11. The first kappa shape index (κ1) is 14.1. The van der Waals surface area contributed by atoms with E-state index >= 15 is 0 Å². The van der Waals surface area contributed by atoms with Crippen molar-refractivity contribution in [2.24, 2.45) is 5.92 Å². The normalized spacial score (nSPS) is 27.6. The lowest BCUT2D eigenvalue weighted by molar-refractivity contribution is -0.135. The van der Waals surface area contributed by atoms with Crippen molar-refractivity contribution in [3.63, 3.8) is 0 Å². The summed E-state index contributed by atoms with van der Waals surface area (Å²) < 4.78 is 0. The summed E-state index contributed by atoms with van der Waals surface area (Å²) in [4.78, 5) is 27.9. The molecule has 2 heterocycles. The van der Waals surface area contributed by atoms with Crippen molar-refractivity contribution in [3.8, 4) is 0 Å². The number of carbonyl (C=O) groups excluding carboxylic acids is 2. The summed E-state index contributed by atoms with van der Waals surface area (Å²) in [7, 11) is 3.66. The molecule has 2 rings (SSSR count). The molecule has 0 aromatic rings. The molecule has 2 saturated heterocycles. The van der Waals surface area contributed by atoms with Gasteiger partial charge in [-0.25, -0.2) is 4.79 Å². The maximum absolute atomic E-state index is 12.5. The molecule has 0 aromatic heterocycles. The number of likely N-dealkylation sites (tertiary alicyclic amines) is 2. The van der Waals surface area contributed by atoms with Crippen LogP contribution in [0, 0.1) is 5.92 Å². The molecule has 0 saturated carbocycles. The van der Waals surface area contributed by atoms with E-state index in [0.717, 1.165) is 38.9 Å². The van der Waals surface area contributed by atoms with E-state index in [1.165, 1.54) is 0 Å². The minimum atomic E-state index is -0.181. The second kappa shape index (κ2) is 6.23. The van der Waals surface area contributed by atoms with E-state index in [4.69, 9.17) is 0 Å². The Bertz CT molecular complexity index is 348. The van der Waals surface area contributed by atoms with Gasteiger partial charge in [0, 0.05) is 32.7 Å². The number of nitrogens with zero attached hydrogens (tertiary/aromatic N) is 2. The molecule has 0 aliphatic carbocycles. The van der Waals surface area contributed by atoms with E-state index in [-0.39, 0.29) is 23.9 Å². The van der Waals surface area contributed by atoms with Gasteiger partial charge in [-0.2, -0.15) is 0 Å². The maximum atomic E-state index is 12.5. The lowest BCUT2D eigenvalue weighted by atomic mass is 10.1. The summed E-state index contributed by atoms with van der Waals surface area (Å²) in [6.45, 7) is 3.25. The van der Waals surface area contributed by atoms with Crippen LogP contribution in [0.5, 0.6) is 0 Å². The molecule has 0 radical (unpaired) electrons. The molecule has 2 aliphatic heterocycles. The van der Waals surface area contributed by atoms with Crippen LogP contribution >= 0.6 is 0 Å². The summed E-state index contributed by atoms with van der Waals surface area (Å²) in [6, 6.07) is -0.0180. The fourth-order valence-corrected chi connectivity index (χ4v) is 3.01. The molecular formula is C13H24N4O2. The number of hydrogen-bond acceptors (Lipinski definition) is 3. The van der Waals surface area contributed by atoms with Gasteiger partial charge in [0.15, 0.2) is 0 Å². The highest BCUT2D eigenvalue weighted by atomic mass is 16.2. The van der Waals surface area contributed by atoms with Crippen LogP contribution in [0.3, 0.4) is 0 Å². The second-order valence-electron chi connectivity index (χ2n) is 5.54. The predicted molar refractivity (Wildman–Crippen MR) is 72.8 cm³/mol. The molecule has 108 valence electrons. The summed E-state index contributed by atoms with van der Waals surface area (Å²) in [5.74, 6) is 0.413. The van der Waals surface area contributed by atoms with Crippen molar-refractivity contribution in [2.75, 3.05) is 40.3 Å². The third kappa shape index (κ3) is 3.37. The minimum absolute atomic E-state index is 0.144. The molecule has 2 fully saturated rings. The molecule has 0 aromatic carbocycles. The summed E-state index contributed by atoms with van der Waals surface area (Å²) in [5.41, 5.74) is 0. The van der Waals surface area contributed by atoms with Gasteiger partial charge in [-0.05, 0) is 32.9 Å². The van der Waals surface area contributed by atoms with Crippen LogP contribution in [0.25, 0.3) is 0 Å². The maximum Gasteiger partial charge on any atom is 0.314 e. The fourth-order valence-electron chi connectivity index (χ4n) is 3.01. The minimum Gasteiger partial charge on any atom is -0.341 e. The van der Waals surface area contributed by atoms with Gasteiger partial charge in [-0.15, -0.1) is 0 Å². The van der Waals surface area contributed by atoms with E-state index in [2.05, 4.69) is 22.6 Å². The molecule has 19 heavy (non-hydrogen) atoms. The third-order valence-electron chi connectivity index (χ3n) is 4.13. The Labute approximate surface area is 114 Å². The van der Waals surface area contributed by atoms with E-state index in [1.807, 2.05) is 4.90 Å². The monoisotopic (exact) mass is 268 g/mol. The van der Waals surface area contributed by atoms with Gasteiger partial charge >= 0.3 is 6.03 Å². The highest BCUT2D eigenvalue weighted by Crippen LogP contribution is 2.23. The molecule has 6 heteroatoms. The van der Waals surface area contributed by atoms with Crippen molar-refractivity contribution >= 4 is 11.9 Å². The zero-order valence-corrected chi connectivity index (χ0v) is 11.8. The Hall–Kier alpha value is -1.30. The molecule has 2 aliphatic rings. The zero-order chi connectivity index (χ0) is 13.8. The van der Waals surface area contributed by atoms with Gasteiger partial charge in [0.2, 0.25) is 5.91 Å². The zero-order valence-electron chi connectivity index (χ0n) is 11.8. The van der Waals surface area contributed by atoms with Crippen molar-refractivity contribution in [3.05, 3.63) is 0 Å². The summed E-state index contributed by atoms with van der Waals surface area (Å²) >= 11 is 0. The van der Waals surface area contributed by atoms with Crippen LogP contribution in [0.1, 0.15) is 19.3 Å². The van der Waals surface area contributed by atoms with E-state index in [0.29, 0.717) is 6.54 Å². The summed E-state index contributed by atoms with van der Waals surface area (Å²) in [6.07, 6.45) is 2.98. The molecule has 3 amide bonds. The Morgan fingerprint density at radius 3 is 2.68 bits per heavy atom. The highest BCUT2D eigenvalue weighted by Gasteiger charge is 2.35. The highest BCUT2D eigenvalue weighted by molar-refractivity contribution is 5.80. The van der Waals surface area contributed by atoms with Crippen molar-refractivity contribution < 1.29 is 9.59 Å². The molecular weight excluding hydrogens is 244 g/mol. The van der Waals surface area contributed by atoms with Crippen LogP contribution in [-0.4, -0.2) is 68.1 Å². The van der Waals surface area contributed by atoms with Gasteiger partial charge in [-0.3, -0.25) is 4.79 Å². The predicted octanol–water partition coefficient (Wildman–Crippen LogP) is -0.142. The van der Waals surface area contributed by atoms with Gasteiger partial charge in [0.05, 0.1) is 5.92 Å². The van der Waals surface area contributed by atoms with E-state index in [1.54, 1.807) is 7.05 Å². The smallest absolute Gasteiger partial charge is 0.314 e. The number of carbonyl (C=O) groups is 2. The van der Waals surface area contributed by atoms with Gasteiger partial charge < -0.3 is 20.4 Å². The second-order valence-corrected chi connectivity index (χ2v) is 5.54. The molecule has 0 spiro atoms. The lowest BCUT2D eigenvalue weighted by Crippen LogP contribution is -2.47. The third-order valence-corrected chi connectivity index (χ3v) is 4.13. The first-order valence-corrected chi connectivity index (χ1v) is 7.06. The van der Waals surface area contributed by atoms with Crippen LogP contribution in [-0.2, 0) is 4.79 Å². The van der Waals surface area contributed by atoms with Crippen LogP contribution in [0.15, 0.2) is 0 Å². The Morgan fingerprint density at radius 2 is 2.05 bits per heavy atom. The average molecular weight is 268 g/mol. The van der Waals surface area contributed by atoms with Crippen molar-refractivity contribution in [2.45, 2.75) is 25.3 Å². The number of rotatable bonds is 3. The lowest BCUT2D eigenvalue weighted by Gasteiger charge is -2.27. The Morgan fingerprint density at radius 1 is 1.26 bits per heavy atom. The number of urea groups is 1. The van der Waals surface area contributed by atoms with E-state index in [9.17, 15) is 9.59 Å². The van der Waals surface area contributed by atoms with Crippen LogP contribution in [0.4, 0.5) is 4.79 Å². The molecule has 2 atom stereocenters. The number of amides is 3. The average Bonchev–Trinajstić information content (AvgIpc) is 3.03. The molecule has 1 unspecified atom stereocenters. The van der Waals surface area contributed by atoms with Crippen LogP contribution in [0.2, 0.25) is 0 Å². The SMILES string of the molecule is CNC(=O)NC[C@H]1CCCN1C(=O)C1CCN(C)C1. The van der Waals surface area contributed by atoms with Gasteiger partial charge in [0.1, 0.15) is 0 Å². The van der Waals surface area contributed by atoms with E-state index < -0.39 is 0 Å². The standard InChI is InChI=1S/C13H24N4O2/c1-14-13(19)15-8-11-4-3-6-17(11)12(18)10-5-7-16(2)9-10/h10-11H,3-9H2,1-2H3,(H2,14,15,19)/t10?,11-/m1/s1. The Kier molecular flexibility index (Phi) is 4.63. The van der Waals surface area contributed by atoms with Crippen molar-refractivity contribution in [1.82, 2.24) is 20.4 Å². The number of hydrogen-bond donors (Lipinski definition) is 2. The Balaban J connectivity index is 1.87. The quantitative estimate of drug-likeness (QED) is 0.749. The topological polar surface area (TPSA) is 64.7 Å². The van der Waals surface area contributed by atoms with Gasteiger partial charge in [-0.1, -0.05) is 0 Å². The molecule has 6 nitrogen and oxygen atoms in total. The fraction of sp³-hybridized carbons (Fsp3) is 0.846. The van der Waals surface area contributed by atoms with Gasteiger partial charge in [0.25, 0.3) is 0 Å². The molecule has 2 N–H and O–H groups in total. The van der Waals surface area contributed by atoms with Crippen LogP contribution < -0.4 is 10.6 Å². The molecule has 0 bridgehead atoms. The first-order valence-electron chi connectivity index (χ1n) is 7.06.